The lowest BCUT2D eigenvalue weighted by molar-refractivity contribution is 0.419. The van der Waals surface area contributed by atoms with E-state index in [9.17, 15) is 0 Å². The van der Waals surface area contributed by atoms with Gasteiger partial charge in [0.25, 0.3) is 0 Å². The summed E-state index contributed by atoms with van der Waals surface area (Å²) in [5.41, 5.74) is 4.45. The van der Waals surface area contributed by atoms with Crippen molar-refractivity contribution in [2.45, 2.75) is 25.2 Å². The number of hydrogen-bond donors (Lipinski definition) is 0. The first-order valence-corrected chi connectivity index (χ1v) is 8.02. The second-order valence-electron chi connectivity index (χ2n) is 6.05. The van der Waals surface area contributed by atoms with Crippen LogP contribution in [-0.2, 0) is 6.42 Å². The van der Waals surface area contributed by atoms with E-state index in [0.29, 0.717) is 5.92 Å². The maximum atomic E-state index is 5.54. The average Bonchev–Trinajstić information content (AvgIpc) is 2.60. The molecule has 3 aromatic carbocycles. The molecule has 0 aliphatic heterocycles. The molecule has 3 aromatic rings. The van der Waals surface area contributed by atoms with Crippen LogP contribution in [0.3, 0.4) is 0 Å². The molecule has 0 fully saturated rings. The lowest BCUT2D eigenvalue weighted by atomic mass is 9.77. The topological polar surface area (TPSA) is 9.23 Å². The second kappa shape index (κ2) is 5.49. The predicted octanol–water partition coefficient (Wildman–Crippen LogP) is 5.32. The molecule has 0 bridgehead atoms. The molecule has 1 atom stereocenters. The summed E-state index contributed by atoms with van der Waals surface area (Å²) in [6.45, 7) is 0. The van der Waals surface area contributed by atoms with Crippen LogP contribution in [0, 0.1) is 0 Å². The zero-order valence-corrected chi connectivity index (χ0v) is 12.9. The van der Waals surface area contributed by atoms with Crippen molar-refractivity contribution < 1.29 is 4.74 Å². The van der Waals surface area contributed by atoms with Crippen molar-refractivity contribution in [2.75, 3.05) is 7.11 Å². The molecule has 0 radical (unpaired) electrons. The molecule has 110 valence electrons. The number of hydrogen-bond acceptors (Lipinski definition) is 1. The van der Waals surface area contributed by atoms with Gasteiger partial charge in [-0.15, -0.1) is 0 Å². The van der Waals surface area contributed by atoms with Gasteiger partial charge in [0.1, 0.15) is 5.75 Å². The Labute approximate surface area is 131 Å². The first-order valence-electron chi connectivity index (χ1n) is 8.02. The summed E-state index contributed by atoms with van der Waals surface area (Å²) in [6.07, 6.45) is 3.70. The lowest BCUT2D eigenvalue weighted by Gasteiger charge is -2.27. The molecule has 1 unspecified atom stereocenters. The Morgan fingerprint density at radius 3 is 2.45 bits per heavy atom. The molecular formula is C21H20O. The highest BCUT2D eigenvalue weighted by molar-refractivity contribution is 5.91. The van der Waals surface area contributed by atoms with E-state index in [0.717, 1.165) is 5.75 Å². The van der Waals surface area contributed by atoms with E-state index < -0.39 is 0 Å². The molecule has 4 rings (SSSR count). The van der Waals surface area contributed by atoms with Crippen LogP contribution < -0.4 is 4.74 Å². The van der Waals surface area contributed by atoms with Crippen LogP contribution in [0.2, 0.25) is 0 Å². The van der Waals surface area contributed by atoms with Crippen LogP contribution in [0.25, 0.3) is 10.8 Å². The SMILES string of the molecule is COc1ccc(C2CCCc3ccccc32)c2ccccc12. The molecule has 0 aromatic heterocycles. The van der Waals surface area contributed by atoms with Gasteiger partial charge in [0.2, 0.25) is 0 Å². The molecule has 1 heteroatoms. The molecule has 0 spiro atoms. The van der Waals surface area contributed by atoms with E-state index >= 15 is 0 Å². The third kappa shape index (κ3) is 2.09. The second-order valence-corrected chi connectivity index (χ2v) is 6.05. The average molecular weight is 288 g/mol. The van der Waals surface area contributed by atoms with Gasteiger partial charge < -0.3 is 4.74 Å². The standard InChI is InChI=1S/C21H20O/c1-22-21-14-13-19(18-10-4-5-11-20(18)21)17-12-6-8-15-7-2-3-9-16(15)17/h2-5,7,9-11,13-14,17H,6,8,12H2,1H3. The minimum Gasteiger partial charge on any atom is -0.496 e. The monoisotopic (exact) mass is 288 g/mol. The fraction of sp³-hybridized carbons (Fsp3) is 0.238. The largest absolute Gasteiger partial charge is 0.496 e. The molecule has 0 N–H and O–H groups in total. The Kier molecular flexibility index (Phi) is 3.34. The number of aryl methyl sites for hydroxylation is 1. The molecule has 1 aliphatic carbocycles. The summed E-state index contributed by atoms with van der Waals surface area (Å²) >= 11 is 0. The summed E-state index contributed by atoms with van der Waals surface area (Å²) in [5.74, 6) is 1.46. The van der Waals surface area contributed by atoms with E-state index in [4.69, 9.17) is 4.74 Å². The number of fused-ring (bicyclic) bond motifs is 2. The highest BCUT2D eigenvalue weighted by Gasteiger charge is 2.23. The van der Waals surface area contributed by atoms with Gasteiger partial charge in [-0.05, 0) is 47.4 Å². The third-order valence-electron chi connectivity index (χ3n) is 4.88. The van der Waals surface area contributed by atoms with Crippen LogP contribution in [-0.4, -0.2) is 7.11 Å². The van der Waals surface area contributed by atoms with Crippen LogP contribution in [0.4, 0.5) is 0 Å². The zero-order valence-electron chi connectivity index (χ0n) is 12.9. The molecule has 1 aliphatic rings. The van der Waals surface area contributed by atoms with E-state index in [-0.39, 0.29) is 0 Å². The van der Waals surface area contributed by atoms with Gasteiger partial charge in [0, 0.05) is 11.3 Å². The summed E-state index contributed by atoms with van der Waals surface area (Å²) in [4.78, 5) is 0. The molecule has 0 saturated carbocycles. The quantitative estimate of drug-likeness (QED) is 0.620. The Morgan fingerprint density at radius 2 is 1.59 bits per heavy atom. The first kappa shape index (κ1) is 13.4. The first-order chi connectivity index (χ1) is 10.9. The Hall–Kier alpha value is -2.28. The molecule has 0 saturated heterocycles. The number of benzene rings is 3. The maximum Gasteiger partial charge on any atom is 0.126 e. The van der Waals surface area contributed by atoms with Gasteiger partial charge >= 0.3 is 0 Å². The van der Waals surface area contributed by atoms with Crippen molar-refractivity contribution in [1.82, 2.24) is 0 Å². The highest BCUT2D eigenvalue weighted by Crippen LogP contribution is 2.41. The molecular weight excluding hydrogens is 268 g/mol. The Balaban J connectivity index is 1.93. The Bertz CT molecular complexity index is 819. The van der Waals surface area contributed by atoms with Crippen LogP contribution in [0.15, 0.2) is 60.7 Å². The molecule has 0 amide bonds. The number of ether oxygens (including phenoxy) is 1. The van der Waals surface area contributed by atoms with Crippen LogP contribution in [0.1, 0.15) is 35.4 Å². The van der Waals surface area contributed by atoms with Crippen molar-refractivity contribution in [3.8, 4) is 5.75 Å². The van der Waals surface area contributed by atoms with Crippen molar-refractivity contribution in [1.29, 1.82) is 0 Å². The van der Waals surface area contributed by atoms with Gasteiger partial charge in [-0.2, -0.15) is 0 Å². The Morgan fingerprint density at radius 1 is 0.818 bits per heavy atom. The smallest absolute Gasteiger partial charge is 0.126 e. The van der Waals surface area contributed by atoms with E-state index in [1.807, 2.05) is 0 Å². The van der Waals surface area contributed by atoms with E-state index in [2.05, 4.69) is 60.7 Å². The lowest BCUT2D eigenvalue weighted by Crippen LogP contribution is -2.11. The summed E-state index contributed by atoms with van der Waals surface area (Å²) in [5, 5.41) is 2.54. The van der Waals surface area contributed by atoms with Gasteiger partial charge in [-0.3, -0.25) is 0 Å². The predicted molar refractivity (Wildman–Crippen MR) is 91.7 cm³/mol. The van der Waals surface area contributed by atoms with Crippen molar-refractivity contribution in [3.63, 3.8) is 0 Å². The van der Waals surface area contributed by atoms with Gasteiger partial charge in [-0.1, -0.05) is 54.6 Å². The maximum absolute atomic E-state index is 5.54. The van der Waals surface area contributed by atoms with Gasteiger partial charge in [0.15, 0.2) is 0 Å². The summed E-state index contributed by atoms with van der Waals surface area (Å²) < 4.78 is 5.54. The summed E-state index contributed by atoms with van der Waals surface area (Å²) in [7, 11) is 1.75. The molecule has 0 heterocycles. The number of rotatable bonds is 2. The van der Waals surface area contributed by atoms with Gasteiger partial charge in [0.05, 0.1) is 7.11 Å². The number of methoxy groups -OCH3 is 1. The minimum atomic E-state index is 0.501. The van der Waals surface area contributed by atoms with Crippen LogP contribution >= 0.6 is 0 Å². The minimum absolute atomic E-state index is 0.501. The normalized spacial score (nSPS) is 17.2. The fourth-order valence-corrected chi connectivity index (χ4v) is 3.85. The van der Waals surface area contributed by atoms with E-state index in [1.165, 1.54) is 46.7 Å². The van der Waals surface area contributed by atoms with E-state index in [1.54, 1.807) is 7.11 Å². The molecule has 1 nitrogen and oxygen atoms in total. The molecule has 22 heavy (non-hydrogen) atoms. The zero-order chi connectivity index (χ0) is 14.9. The summed E-state index contributed by atoms with van der Waals surface area (Å²) in [6, 6.07) is 21.9. The van der Waals surface area contributed by atoms with Gasteiger partial charge in [-0.25, -0.2) is 0 Å². The fourth-order valence-electron chi connectivity index (χ4n) is 3.85. The van der Waals surface area contributed by atoms with Crippen molar-refractivity contribution in [2.24, 2.45) is 0 Å². The van der Waals surface area contributed by atoms with Crippen molar-refractivity contribution in [3.05, 3.63) is 77.4 Å². The highest BCUT2D eigenvalue weighted by atomic mass is 16.5. The van der Waals surface area contributed by atoms with Crippen LogP contribution in [0.5, 0.6) is 5.75 Å². The van der Waals surface area contributed by atoms with Crippen molar-refractivity contribution >= 4 is 10.8 Å². The third-order valence-corrected chi connectivity index (χ3v) is 4.88.